The SMILES string of the molecule is C1CCC(CCNC2CCCCC2)CC1.C=C/C=C\C. The van der Waals surface area contributed by atoms with Gasteiger partial charge in [-0.15, -0.1) is 0 Å². The van der Waals surface area contributed by atoms with Crippen LogP contribution in [0.25, 0.3) is 0 Å². The standard InChI is InChI=1S/C14H27N.C5H8/c1-3-7-13(8-4-1)11-12-15-14-9-5-2-6-10-14;1-3-5-4-2/h13-15H,1-12H2;3-5H,1H2,2H3/b;5-4-. The molecule has 0 radical (unpaired) electrons. The zero-order valence-corrected chi connectivity index (χ0v) is 13.6. The van der Waals surface area contributed by atoms with Crippen molar-refractivity contribution in [2.45, 2.75) is 83.6 Å². The monoisotopic (exact) mass is 277 g/mol. The Kier molecular flexibility index (Phi) is 10.7. The second-order valence-electron chi connectivity index (χ2n) is 6.34. The van der Waals surface area contributed by atoms with Crippen molar-refractivity contribution in [1.82, 2.24) is 5.32 Å². The van der Waals surface area contributed by atoms with Crippen LogP contribution in [0.5, 0.6) is 0 Å². The fraction of sp³-hybridized carbons (Fsp3) is 0.789. The van der Waals surface area contributed by atoms with Crippen LogP contribution in [-0.4, -0.2) is 12.6 Å². The Balaban J connectivity index is 0.000000347. The van der Waals surface area contributed by atoms with Gasteiger partial charge in [0, 0.05) is 6.04 Å². The van der Waals surface area contributed by atoms with Gasteiger partial charge in [0.2, 0.25) is 0 Å². The van der Waals surface area contributed by atoms with E-state index in [1.165, 1.54) is 77.2 Å². The fourth-order valence-corrected chi connectivity index (χ4v) is 3.41. The lowest BCUT2D eigenvalue weighted by molar-refractivity contribution is 0.312. The summed E-state index contributed by atoms with van der Waals surface area (Å²) in [6, 6.07) is 0.863. The summed E-state index contributed by atoms with van der Waals surface area (Å²) in [5.41, 5.74) is 0. The van der Waals surface area contributed by atoms with E-state index in [-0.39, 0.29) is 0 Å². The normalized spacial score (nSPS) is 21.4. The van der Waals surface area contributed by atoms with Crippen LogP contribution in [0.3, 0.4) is 0 Å². The van der Waals surface area contributed by atoms with Crippen molar-refractivity contribution in [2.24, 2.45) is 5.92 Å². The third kappa shape index (κ3) is 8.58. The van der Waals surface area contributed by atoms with Crippen LogP contribution in [0.2, 0.25) is 0 Å². The summed E-state index contributed by atoms with van der Waals surface area (Å²) in [5, 5.41) is 3.77. The van der Waals surface area contributed by atoms with Crippen LogP contribution in [0.4, 0.5) is 0 Å². The molecule has 0 amide bonds. The Morgan fingerprint density at radius 3 is 2.05 bits per heavy atom. The summed E-state index contributed by atoms with van der Waals surface area (Å²) in [6.07, 6.45) is 21.8. The van der Waals surface area contributed by atoms with Gasteiger partial charge >= 0.3 is 0 Å². The Morgan fingerprint density at radius 2 is 1.55 bits per heavy atom. The van der Waals surface area contributed by atoms with E-state index in [1.807, 2.05) is 19.1 Å². The molecule has 0 aromatic carbocycles. The molecule has 20 heavy (non-hydrogen) atoms. The van der Waals surface area contributed by atoms with Gasteiger partial charge in [-0.25, -0.2) is 0 Å². The Labute approximate surface area is 126 Å². The van der Waals surface area contributed by atoms with E-state index in [1.54, 1.807) is 6.08 Å². The van der Waals surface area contributed by atoms with Crippen molar-refractivity contribution in [1.29, 1.82) is 0 Å². The van der Waals surface area contributed by atoms with Crippen molar-refractivity contribution in [3.05, 3.63) is 24.8 Å². The maximum Gasteiger partial charge on any atom is 0.00670 e. The lowest BCUT2D eigenvalue weighted by Crippen LogP contribution is -2.32. The minimum absolute atomic E-state index is 0.863. The maximum atomic E-state index is 3.77. The van der Waals surface area contributed by atoms with Crippen molar-refractivity contribution < 1.29 is 0 Å². The van der Waals surface area contributed by atoms with Crippen molar-refractivity contribution in [3.8, 4) is 0 Å². The van der Waals surface area contributed by atoms with Gasteiger partial charge < -0.3 is 5.32 Å². The Morgan fingerprint density at radius 1 is 0.950 bits per heavy atom. The number of nitrogens with one attached hydrogen (secondary N) is 1. The van der Waals surface area contributed by atoms with Gasteiger partial charge in [0.05, 0.1) is 0 Å². The predicted octanol–water partition coefficient (Wildman–Crippen LogP) is 5.63. The molecule has 0 atom stereocenters. The molecule has 0 saturated heterocycles. The number of hydrogen-bond donors (Lipinski definition) is 1. The van der Waals surface area contributed by atoms with Crippen LogP contribution < -0.4 is 5.32 Å². The average Bonchev–Trinajstić information content (AvgIpc) is 2.51. The smallest absolute Gasteiger partial charge is 0.00670 e. The Bertz CT molecular complexity index is 226. The largest absolute Gasteiger partial charge is 0.314 e. The van der Waals surface area contributed by atoms with Crippen LogP contribution in [0.15, 0.2) is 24.8 Å². The second-order valence-corrected chi connectivity index (χ2v) is 6.34. The predicted molar refractivity (Wildman–Crippen MR) is 91.1 cm³/mol. The second kappa shape index (κ2) is 12.2. The maximum absolute atomic E-state index is 3.77. The van der Waals surface area contributed by atoms with Crippen molar-refractivity contribution >= 4 is 0 Å². The molecule has 2 saturated carbocycles. The first kappa shape index (κ1) is 17.5. The third-order valence-electron chi connectivity index (χ3n) is 4.64. The van der Waals surface area contributed by atoms with Crippen LogP contribution in [-0.2, 0) is 0 Å². The summed E-state index contributed by atoms with van der Waals surface area (Å²) >= 11 is 0. The molecule has 0 bridgehead atoms. The average molecular weight is 277 g/mol. The van der Waals surface area contributed by atoms with Crippen molar-refractivity contribution in [3.63, 3.8) is 0 Å². The van der Waals surface area contributed by atoms with E-state index >= 15 is 0 Å². The summed E-state index contributed by atoms with van der Waals surface area (Å²) in [7, 11) is 0. The van der Waals surface area contributed by atoms with Gasteiger partial charge in [0.15, 0.2) is 0 Å². The highest BCUT2D eigenvalue weighted by Crippen LogP contribution is 2.26. The first-order valence-corrected chi connectivity index (χ1v) is 8.84. The van der Waals surface area contributed by atoms with Gasteiger partial charge in [-0.05, 0) is 38.6 Å². The highest BCUT2D eigenvalue weighted by atomic mass is 14.9. The Hall–Kier alpha value is -0.560. The molecule has 0 unspecified atom stereocenters. The molecular formula is C19H35N. The van der Waals surface area contributed by atoms with E-state index in [0.717, 1.165) is 12.0 Å². The fourth-order valence-electron chi connectivity index (χ4n) is 3.41. The third-order valence-corrected chi connectivity index (χ3v) is 4.64. The van der Waals surface area contributed by atoms with E-state index in [9.17, 15) is 0 Å². The summed E-state index contributed by atoms with van der Waals surface area (Å²) in [5.74, 6) is 1.05. The van der Waals surface area contributed by atoms with Gasteiger partial charge in [-0.2, -0.15) is 0 Å². The minimum atomic E-state index is 0.863. The summed E-state index contributed by atoms with van der Waals surface area (Å²) in [6.45, 7) is 6.71. The van der Waals surface area contributed by atoms with Crippen LogP contribution in [0.1, 0.15) is 77.6 Å². The van der Waals surface area contributed by atoms with Gasteiger partial charge in [-0.3, -0.25) is 0 Å². The summed E-state index contributed by atoms with van der Waals surface area (Å²) in [4.78, 5) is 0. The first-order chi connectivity index (χ1) is 9.86. The topological polar surface area (TPSA) is 12.0 Å². The van der Waals surface area contributed by atoms with Crippen LogP contribution in [0, 0.1) is 5.92 Å². The molecule has 0 aromatic rings. The number of hydrogen-bond acceptors (Lipinski definition) is 1. The first-order valence-electron chi connectivity index (χ1n) is 8.84. The molecule has 1 heteroatoms. The minimum Gasteiger partial charge on any atom is -0.314 e. The highest BCUT2D eigenvalue weighted by Gasteiger charge is 2.15. The molecule has 2 aliphatic rings. The quantitative estimate of drug-likeness (QED) is 0.642. The molecule has 0 aromatic heterocycles. The summed E-state index contributed by atoms with van der Waals surface area (Å²) < 4.78 is 0. The molecule has 116 valence electrons. The van der Waals surface area contributed by atoms with E-state index in [2.05, 4.69) is 11.9 Å². The van der Waals surface area contributed by atoms with E-state index in [0.29, 0.717) is 0 Å². The molecule has 1 nitrogen and oxygen atoms in total. The zero-order chi connectivity index (χ0) is 14.5. The van der Waals surface area contributed by atoms with Crippen LogP contribution >= 0.6 is 0 Å². The molecule has 1 N–H and O–H groups in total. The van der Waals surface area contributed by atoms with Gasteiger partial charge in [-0.1, -0.05) is 76.2 Å². The molecule has 0 aliphatic heterocycles. The molecule has 0 spiro atoms. The molecule has 0 heterocycles. The molecule has 2 fully saturated rings. The highest BCUT2D eigenvalue weighted by molar-refractivity contribution is 4.94. The van der Waals surface area contributed by atoms with E-state index < -0.39 is 0 Å². The lowest BCUT2D eigenvalue weighted by Gasteiger charge is -2.25. The molecular weight excluding hydrogens is 242 g/mol. The van der Waals surface area contributed by atoms with Gasteiger partial charge in [0.25, 0.3) is 0 Å². The number of rotatable bonds is 5. The lowest BCUT2D eigenvalue weighted by atomic mass is 9.87. The molecule has 2 aliphatic carbocycles. The van der Waals surface area contributed by atoms with E-state index in [4.69, 9.17) is 0 Å². The zero-order valence-electron chi connectivity index (χ0n) is 13.6. The molecule has 2 rings (SSSR count). The number of allylic oxidation sites excluding steroid dienone is 3. The van der Waals surface area contributed by atoms with Gasteiger partial charge in [0.1, 0.15) is 0 Å². The van der Waals surface area contributed by atoms with Crippen molar-refractivity contribution in [2.75, 3.05) is 6.54 Å².